The van der Waals surface area contributed by atoms with Crippen molar-refractivity contribution in [2.45, 2.75) is 70.8 Å². The molecule has 1 fully saturated rings. The van der Waals surface area contributed by atoms with Crippen LogP contribution < -0.4 is 21.1 Å². The molecule has 8 heteroatoms. The Balaban J connectivity index is 1.61. The van der Waals surface area contributed by atoms with Gasteiger partial charge in [0.25, 0.3) is 5.56 Å². The minimum atomic E-state index is -0.892. The summed E-state index contributed by atoms with van der Waals surface area (Å²) >= 11 is 0. The lowest BCUT2D eigenvalue weighted by molar-refractivity contribution is -0.123. The monoisotopic (exact) mass is 437 g/mol. The number of aromatic nitrogens is 2. The van der Waals surface area contributed by atoms with Gasteiger partial charge >= 0.3 is 0 Å². The van der Waals surface area contributed by atoms with E-state index in [0.29, 0.717) is 23.6 Å². The van der Waals surface area contributed by atoms with E-state index in [4.69, 9.17) is 0 Å². The second-order valence-electron chi connectivity index (χ2n) is 8.97. The molecule has 4 rings (SSSR count). The van der Waals surface area contributed by atoms with Gasteiger partial charge in [0.05, 0.1) is 11.5 Å². The first-order valence-electron chi connectivity index (χ1n) is 11.5. The van der Waals surface area contributed by atoms with Crippen LogP contribution in [0.1, 0.15) is 75.8 Å². The van der Waals surface area contributed by atoms with Gasteiger partial charge in [0.15, 0.2) is 0 Å². The number of hydrogen-bond acceptors (Lipinski definition) is 5. The van der Waals surface area contributed by atoms with E-state index in [1.54, 1.807) is 0 Å². The van der Waals surface area contributed by atoms with Crippen LogP contribution in [0.4, 0.5) is 17.5 Å². The highest BCUT2D eigenvalue weighted by Crippen LogP contribution is 2.32. The minimum absolute atomic E-state index is 0.0890. The van der Waals surface area contributed by atoms with Gasteiger partial charge in [0, 0.05) is 24.7 Å². The Morgan fingerprint density at radius 2 is 1.97 bits per heavy atom. The van der Waals surface area contributed by atoms with Gasteiger partial charge in [-0.05, 0) is 49.3 Å². The Morgan fingerprint density at radius 1 is 1.22 bits per heavy atom. The van der Waals surface area contributed by atoms with Gasteiger partial charge in [-0.1, -0.05) is 32.9 Å². The van der Waals surface area contributed by atoms with E-state index in [1.807, 2.05) is 24.3 Å². The number of piperidine rings is 1. The van der Waals surface area contributed by atoms with Crippen molar-refractivity contribution < 1.29 is 9.59 Å². The van der Waals surface area contributed by atoms with Crippen LogP contribution in [-0.2, 0) is 9.59 Å². The Labute approximate surface area is 187 Å². The zero-order valence-electron chi connectivity index (χ0n) is 18.9. The molecule has 2 unspecified atom stereocenters. The van der Waals surface area contributed by atoms with Crippen LogP contribution in [0.3, 0.4) is 0 Å². The molecule has 1 aromatic heterocycles. The van der Waals surface area contributed by atoms with Crippen LogP contribution in [-0.4, -0.2) is 34.4 Å². The van der Waals surface area contributed by atoms with Crippen molar-refractivity contribution in [2.75, 3.05) is 22.1 Å². The minimum Gasteiger partial charge on any atom is -0.339 e. The molecule has 0 aliphatic carbocycles. The number of nitrogens with one attached hydrogen (secondary N) is 3. The molecular weight excluding hydrogens is 406 g/mol. The third kappa shape index (κ3) is 4.40. The predicted octanol–water partition coefficient (Wildman–Crippen LogP) is 3.73. The third-order valence-electron chi connectivity index (χ3n) is 6.47. The summed E-state index contributed by atoms with van der Waals surface area (Å²) in [7, 11) is 0. The van der Waals surface area contributed by atoms with Gasteiger partial charge in [-0.25, -0.2) is 0 Å². The predicted molar refractivity (Wildman–Crippen MR) is 125 cm³/mol. The second-order valence-corrected chi connectivity index (χ2v) is 8.97. The fourth-order valence-electron chi connectivity index (χ4n) is 4.60. The molecule has 8 nitrogen and oxygen atoms in total. The van der Waals surface area contributed by atoms with Gasteiger partial charge in [-0.3, -0.25) is 19.4 Å². The van der Waals surface area contributed by atoms with Crippen LogP contribution in [0.5, 0.6) is 0 Å². The van der Waals surface area contributed by atoms with Crippen LogP contribution in [0.25, 0.3) is 0 Å². The number of benzene rings is 1. The highest BCUT2D eigenvalue weighted by molar-refractivity contribution is 6.04. The van der Waals surface area contributed by atoms with Gasteiger partial charge in [0.2, 0.25) is 17.8 Å². The number of aromatic amines is 1. The molecule has 3 heterocycles. The van der Waals surface area contributed by atoms with Crippen molar-refractivity contribution in [3.05, 3.63) is 45.7 Å². The number of H-pyrrole nitrogens is 1. The molecule has 1 saturated heterocycles. The van der Waals surface area contributed by atoms with Gasteiger partial charge < -0.3 is 15.5 Å². The fourth-order valence-corrected chi connectivity index (χ4v) is 4.60. The fraction of sp³-hybridized carbons (Fsp3) is 0.500. The number of fused-ring (bicyclic) bond motifs is 1. The molecule has 3 N–H and O–H groups in total. The molecule has 2 atom stereocenters. The lowest BCUT2D eigenvalue weighted by Gasteiger charge is -2.36. The van der Waals surface area contributed by atoms with E-state index in [-0.39, 0.29) is 35.2 Å². The Bertz CT molecular complexity index is 1060. The Hall–Kier alpha value is -3.16. The maximum absolute atomic E-state index is 13.1. The normalized spacial score (nSPS) is 20.6. The lowest BCUT2D eigenvalue weighted by atomic mass is 9.92. The molecule has 0 saturated carbocycles. The van der Waals surface area contributed by atoms with E-state index < -0.39 is 5.92 Å². The van der Waals surface area contributed by atoms with E-state index in [9.17, 15) is 14.4 Å². The summed E-state index contributed by atoms with van der Waals surface area (Å²) in [4.78, 5) is 48.1. The molecule has 2 aromatic rings. The summed E-state index contributed by atoms with van der Waals surface area (Å²) in [5.41, 5.74) is 1.64. The van der Waals surface area contributed by atoms with Gasteiger partial charge in [-0.2, -0.15) is 4.98 Å². The summed E-state index contributed by atoms with van der Waals surface area (Å²) < 4.78 is 0. The number of carbonyl (C=O) groups is 2. The molecule has 2 aliphatic heterocycles. The second kappa shape index (κ2) is 9.14. The molecule has 0 bridgehead atoms. The van der Waals surface area contributed by atoms with Crippen molar-refractivity contribution in [3.8, 4) is 0 Å². The largest absolute Gasteiger partial charge is 0.339 e. The number of hydrogen-bond donors (Lipinski definition) is 3. The first kappa shape index (κ1) is 22.0. The highest BCUT2D eigenvalue weighted by atomic mass is 16.2. The molecular formula is C24H31N5O3. The van der Waals surface area contributed by atoms with Crippen molar-refractivity contribution in [2.24, 2.45) is 0 Å². The topological polar surface area (TPSA) is 107 Å². The van der Waals surface area contributed by atoms with Crippen LogP contribution in [0, 0.1) is 0 Å². The molecule has 2 amide bonds. The number of rotatable bonds is 5. The average Bonchev–Trinajstić information content (AvgIpc) is 2.78. The summed E-state index contributed by atoms with van der Waals surface area (Å²) in [6.07, 6.45) is 4.10. The molecule has 170 valence electrons. The van der Waals surface area contributed by atoms with Crippen LogP contribution >= 0.6 is 0 Å². The van der Waals surface area contributed by atoms with Crippen LogP contribution in [0.15, 0.2) is 29.1 Å². The molecule has 1 aromatic carbocycles. The van der Waals surface area contributed by atoms with Crippen molar-refractivity contribution >= 4 is 29.3 Å². The zero-order chi connectivity index (χ0) is 22.8. The van der Waals surface area contributed by atoms with Crippen molar-refractivity contribution in [1.29, 1.82) is 0 Å². The van der Waals surface area contributed by atoms with E-state index in [0.717, 1.165) is 32.2 Å². The van der Waals surface area contributed by atoms with Gasteiger partial charge in [0.1, 0.15) is 5.82 Å². The molecule has 0 spiro atoms. The zero-order valence-corrected chi connectivity index (χ0v) is 18.9. The Morgan fingerprint density at radius 3 is 2.66 bits per heavy atom. The maximum Gasteiger partial charge on any atom is 0.258 e. The first-order valence-corrected chi connectivity index (χ1v) is 11.5. The number of amides is 2. The van der Waals surface area contributed by atoms with Crippen molar-refractivity contribution in [1.82, 2.24) is 9.97 Å². The third-order valence-corrected chi connectivity index (χ3v) is 6.47. The lowest BCUT2D eigenvalue weighted by Crippen LogP contribution is -2.43. The summed E-state index contributed by atoms with van der Waals surface area (Å²) in [5.74, 6) is -0.552. The number of anilines is 3. The highest BCUT2D eigenvalue weighted by Gasteiger charge is 2.35. The molecule has 0 radical (unpaired) electrons. The number of carbonyl (C=O) groups excluding carboxylic acids is 2. The van der Waals surface area contributed by atoms with E-state index in [1.165, 1.54) is 5.56 Å². The van der Waals surface area contributed by atoms with Crippen LogP contribution in [0.2, 0.25) is 0 Å². The van der Waals surface area contributed by atoms with E-state index >= 15 is 0 Å². The summed E-state index contributed by atoms with van der Waals surface area (Å²) in [5, 5.41) is 5.56. The molecule has 32 heavy (non-hydrogen) atoms. The summed E-state index contributed by atoms with van der Waals surface area (Å²) in [6.45, 7) is 7.14. The van der Waals surface area contributed by atoms with E-state index in [2.05, 4.69) is 46.3 Å². The Kier molecular flexibility index (Phi) is 6.30. The summed E-state index contributed by atoms with van der Waals surface area (Å²) in [6, 6.07) is 7.90. The quantitative estimate of drug-likeness (QED) is 0.661. The smallest absolute Gasteiger partial charge is 0.258 e. The number of nitrogens with zero attached hydrogens (tertiary/aromatic N) is 2. The maximum atomic E-state index is 13.1. The van der Waals surface area contributed by atoms with Gasteiger partial charge in [-0.15, -0.1) is 0 Å². The van der Waals surface area contributed by atoms with Crippen molar-refractivity contribution in [3.63, 3.8) is 0 Å². The average molecular weight is 438 g/mol. The molecule has 2 aliphatic rings. The first-order chi connectivity index (χ1) is 15.4. The SMILES string of the molecule is CCC1CCCCN1c1nc2c(c(=O)[nH]1)C(C(=O)Nc1ccc(C(C)C)cc1)CC(=O)N2. The standard InChI is InChI=1S/C24H31N5O3/c1-4-17-7-5-6-12-29(17)24-27-21-20(23(32)28-24)18(13-19(30)26-21)22(31)25-16-10-8-15(9-11-16)14(2)3/h8-11,14,17-18H,4-7,12-13H2,1-3H3,(H,25,31)(H2,26,27,28,30,32).